The molecule has 0 radical (unpaired) electrons. The van der Waals surface area contributed by atoms with E-state index >= 15 is 0 Å². The third kappa shape index (κ3) is 5.89. The Hall–Kier alpha value is -1.85. The topological polar surface area (TPSA) is 66.8 Å². The summed E-state index contributed by atoms with van der Waals surface area (Å²) in [6.07, 6.45) is 3.29. The highest BCUT2D eigenvalue weighted by Crippen LogP contribution is 2.44. The van der Waals surface area contributed by atoms with Gasteiger partial charge in [0.2, 0.25) is 0 Å². The summed E-state index contributed by atoms with van der Waals surface area (Å²) in [4.78, 5) is 13.5. The van der Waals surface area contributed by atoms with Gasteiger partial charge < -0.3 is 14.9 Å². The third-order valence-electron chi connectivity index (χ3n) is 6.42. The van der Waals surface area contributed by atoms with Crippen LogP contribution in [0.5, 0.6) is 5.75 Å². The number of carboxylic acids is 1. The summed E-state index contributed by atoms with van der Waals surface area (Å²) >= 11 is 1.87. The van der Waals surface area contributed by atoms with E-state index in [2.05, 4.69) is 59.7 Å². The molecule has 1 heterocycles. The number of rotatable bonds is 10. The Balaban J connectivity index is 2.34. The molecular formula is C26H38O4S. The molecule has 0 aliphatic carbocycles. The Morgan fingerprint density at radius 2 is 1.74 bits per heavy atom. The van der Waals surface area contributed by atoms with Gasteiger partial charge in [-0.15, -0.1) is 11.3 Å². The standard InChI is InChI=1S/C26H38O4S/c1-8-26(9-2,19-10-11-20(17(3)14-19)30-16-24(28)29)23-15-18(4)21(31-23)12-13-22(27)25(5,6)7/h10-11,14-15,22,27H,8-9,12-13,16H2,1-7H3,(H,28,29). The minimum atomic E-state index is -0.974. The van der Waals surface area contributed by atoms with Crippen molar-refractivity contribution in [1.82, 2.24) is 0 Å². The Morgan fingerprint density at radius 3 is 2.26 bits per heavy atom. The quantitative estimate of drug-likeness (QED) is 0.451. The van der Waals surface area contributed by atoms with Crippen molar-refractivity contribution in [3.63, 3.8) is 0 Å². The number of hydrogen-bond donors (Lipinski definition) is 2. The van der Waals surface area contributed by atoms with Crippen LogP contribution in [0.15, 0.2) is 24.3 Å². The van der Waals surface area contributed by atoms with Gasteiger partial charge in [-0.2, -0.15) is 0 Å². The summed E-state index contributed by atoms with van der Waals surface area (Å²) in [5.74, 6) is -0.357. The lowest BCUT2D eigenvalue weighted by Crippen LogP contribution is -2.26. The van der Waals surface area contributed by atoms with Crippen molar-refractivity contribution in [1.29, 1.82) is 0 Å². The van der Waals surface area contributed by atoms with Crippen LogP contribution in [-0.2, 0) is 16.6 Å². The summed E-state index contributed by atoms with van der Waals surface area (Å²) in [7, 11) is 0. The van der Waals surface area contributed by atoms with E-state index in [1.807, 2.05) is 24.3 Å². The molecule has 0 spiro atoms. The number of carboxylic acid groups (broad SMARTS) is 1. The predicted molar refractivity (Wildman–Crippen MR) is 129 cm³/mol. The van der Waals surface area contributed by atoms with Gasteiger partial charge in [-0.25, -0.2) is 4.79 Å². The average Bonchev–Trinajstić information content (AvgIpc) is 3.06. The molecule has 1 atom stereocenters. The van der Waals surface area contributed by atoms with Crippen LogP contribution in [0, 0.1) is 19.3 Å². The molecule has 0 aliphatic heterocycles. The fourth-order valence-electron chi connectivity index (χ4n) is 4.10. The second kappa shape index (κ2) is 10.2. The van der Waals surface area contributed by atoms with E-state index < -0.39 is 5.97 Å². The van der Waals surface area contributed by atoms with Crippen molar-refractivity contribution >= 4 is 17.3 Å². The number of thiophene rings is 1. The van der Waals surface area contributed by atoms with Gasteiger partial charge in [0.15, 0.2) is 6.61 Å². The highest BCUT2D eigenvalue weighted by atomic mass is 32.1. The Morgan fingerprint density at radius 1 is 1.10 bits per heavy atom. The zero-order chi connectivity index (χ0) is 23.4. The molecule has 31 heavy (non-hydrogen) atoms. The van der Waals surface area contributed by atoms with Gasteiger partial charge in [-0.05, 0) is 73.8 Å². The Bertz CT molecular complexity index is 887. The number of ether oxygens (including phenoxy) is 1. The zero-order valence-electron chi connectivity index (χ0n) is 20.0. The van der Waals surface area contributed by atoms with Crippen LogP contribution in [-0.4, -0.2) is 28.9 Å². The van der Waals surface area contributed by atoms with Gasteiger partial charge in [0, 0.05) is 15.2 Å². The molecule has 2 rings (SSSR count). The average molecular weight is 447 g/mol. The number of hydrogen-bond acceptors (Lipinski definition) is 4. The summed E-state index contributed by atoms with van der Waals surface area (Å²) in [6.45, 7) is 14.5. The van der Waals surface area contributed by atoms with Gasteiger partial charge >= 0.3 is 5.97 Å². The van der Waals surface area contributed by atoms with Crippen molar-refractivity contribution in [2.45, 2.75) is 85.7 Å². The Kier molecular flexibility index (Phi) is 8.34. The fourth-order valence-corrected chi connectivity index (χ4v) is 5.65. The minimum Gasteiger partial charge on any atom is -0.482 e. The largest absolute Gasteiger partial charge is 0.482 e. The van der Waals surface area contributed by atoms with Crippen molar-refractivity contribution < 1.29 is 19.7 Å². The molecule has 0 aliphatic rings. The molecule has 0 saturated heterocycles. The molecule has 1 aromatic heterocycles. The number of benzene rings is 1. The summed E-state index contributed by atoms with van der Waals surface area (Å²) in [5, 5.41) is 19.4. The summed E-state index contributed by atoms with van der Waals surface area (Å²) in [5.41, 5.74) is 3.29. The SMILES string of the molecule is CCC(CC)(c1ccc(OCC(=O)O)c(C)c1)c1cc(C)c(CCC(O)C(C)(C)C)s1. The highest BCUT2D eigenvalue weighted by Gasteiger charge is 2.33. The first kappa shape index (κ1) is 25.4. The van der Waals surface area contributed by atoms with Gasteiger partial charge in [-0.3, -0.25) is 0 Å². The van der Waals surface area contributed by atoms with Crippen LogP contribution in [0.25, 0.3) is 0 Å². The molecule has 4 nitrogen and oxygen atoms in total. The van der Waals surface area contributed by atoms with E-state index in [0.717, 1.165) is 31.2 Å². The third-order valence-corrected chi connectivity index (χ3v) is 7.92. The van der Waals surface area contributed by atoms with Crippen LogP contribution >= 0.6 is 11.3 Å². The van der Waals surface area contributed by atoms with Crippen LogP contribution < -0.4 is 4.74 Å². The van der Waals surface area contributed by atoms with E-state index in [1.165, 1.54) is 20.9 Å². The molecule has 172 valence electrons. The molecule has 0 saturated carbocycles. The van der Waals surface area contributed by atoms with E-state index in [1.54, 1.807) is 0 Å². The lowest BCUT2D eigenvalue weighted by atomic mass is 9.74. The molecule has 2 aromatic rings. The van der Waals surface area contributed by atoms with Crippen LogP contribution in [0.3, 0.4) is 0 Å². The van der Waals surface area contributed by atoms with Crippen LogP contribution in [0.2, 0.25) is 0 Å². The van der Waals surface area contributed by atoms with Gasteiger partial charge in [0.1, 0.15) is 5.75 Å². The number of aliphatic carboxylic acids is 1. The highest BCUT2D eigenvalue weighted by molar-refractivity contribution is 7.12. The molecule has 1 aromatic carbocycles. The fraction of sp³-hybridized carbons (Fsp3) is 0.577. The van der Waals surface area contributed by atoms with E-state index in [9.17, 15) is 9.90 Å². The lowest BCUT2D eigenvalue weighted by Gasteiger charge is -2.32. The number of carbonyl (C=O) groups is 1. The molecule has 0 amide bonds. The second-order valence-electron chi connectivity index (χ2n) is 9.59. The number of aryl methyl sites for hydroxylation is 3. The molecule has 2 N–H and O–H groups in total. The maximum absolute atomic E-state index is 10.8. The maximum atomic E-state index is 10.8. The van der Waals surface area contributed by atoms with Crippen molar-refractivity contribution in [2.24, 2.45) is 5.41 Å². The first-order valence-corrected chi connectivity index (χ1v) is 12.0. The van der Waals surface area contributed by atoms with E-state index in [4.69, 9.17) is 9.84 Å². The normalized spacial score (nSPS) is 13.3. The molecular weight excluding hydrogens is 408 g/mol. The molecule has 0 fully saturated rings. The van der Waals surface area contributed by atoms with Gasteiger partial charge in [-0.1, -0.05) is 46.8 Å². The van der Waals surface area contributed by atoms with E-state index in [-0.39, 0.29) is 23.5 Å². The van der Waals surface area contributed by atoms with E-state index in [0.29, 0.717) is 5.75 Å². The Labute approximate surface area is 191 Å². The van der Waals surface area contributed by atoms with Crippen molar-refractivity contribution in [3.05, 3.63) is 50.7 Å². The number of aliphatic hydroxyl groups is 1. The van der Waals surface area contributed by atoms with Crippen molar-refractivity contribution in [3.8, 4) is 5.75 Å². The molecule has 0 bridgehead atoms. The minimum absolute atomic E-state index is 0.0909. The van der Waals surface area contributed by atoms with Crippen LogP contribution in [0.1, 0.15) is 80.3 Å². The first-order valence-electron chi connectivity index (χ1n) is 11.2. The second-order valence-corrected chi connectivity index (χ2v) is 10.7. The van der Waals surface area contributed by atoms with Crippen LogP contribution in [0.4, 0.5) is 0 Å². The lowest BCUT2D eigenvalue weighted by molar-refractivity contribution is -0.139. The smallest absolute Gasteiger partial charge is 0.341 e. The summed E-state index contributed by atoms with van der Waals surface area (Å²) < 4.78 is 5.42. The summed E-state index contributed by atoms with van der Waals surface area (Å²) in [6, 6.07) is 8.44. The molecule has 5 heteroatoms. The molecule has 1 unspecified atom stereocenters. The predicted octanol–water partition coefficient (Wildman–Crippen LogP) is 6.27. The van der Waals surface area contributed by atoms with Gasteiger partial charge in [0.25, 0.3) is 0 Å². The van der Waals surface area contributed by atoms with Crippen molar-refractivity contribution in [2.75, 3.05) is 6.61 Å². The zero-order valence-corrected chi connectivity index (χ0v) is 20.9. The monoisotopic (exact) mass is 446 g/mol. The van der Waals surface area contributed by atoms with Gasteiger partial charge in [0.05, 0.1) is 6.10 Å². The number of aliphatic hydroxyl groups excluding tert-OH is 1. The maximum Gasteiger partial charge on any atom is 0.341 e. The first-order chi connectivity index (χ1) is 14.4.